The number of hydrazone groups is 1. The van der Waals surface area contributed by atoms with Gasteiger partial charge in [-0.25, -0.2) is 5.43 Å². The van der Waals surface area contributed by atoms with Crippen molar-refractivity contribution in [2.45, 2.75) is 0 Å². The Balaban J connectivity index is 1.73. The Kier molecular flexibility index (Phi) is 5.23. The molecule has 1 amide bonds. The number of rotatable bonds is 5. The fourth-order valence-corrected chi connectivity index (χ4v) is 2.72. The topological polar surface area (TPSA) is 89.5 Å². The van der Waals surface area contributed by atoms with E-state index >= 15 is 0 Å². The van der Waals surface area contributed by atoms with Crippen LogP contribution in [0.15, 0.2) is 76.4 Å². The molecule has 2 aromatic carbocycles. The first-order chi connectivity index (χ1) is 12.5. The summed E-state index contributed by atoms with van der Waals surface area (Å²) in [5.74, 6) is -0.323. The zero-order chi connectivity index (χ0) is 18.5. The molecule has 3 aromatic rings. The first-order valence-corrected chi connectivity index (χ1v) is 8.35. The van der Waals surface area contributed by atoms with Crippen LogP contribution in [0.2, 0.25) is 0 Å². The lowest BCUT2D eigenvalue weighted by Crippen LogP contribution is -2.17. The Morgan fingerprint density at radius 1 is 1.15 bits per heavy atom. The van der Waals surface area contributed by atoms with Gasteiger partial charge in [-0.3, -0.25) is 14.9 Å². The lowest BCUT2D eigenvalue weighted by molar-refractivity contribution is -0.384. The number of amides is 1. The van der Waals surface area contributed by atoms with Crippen LogP contribution in [0, 0.1) is 10.1 Å². The van der Waals surface area contributed by atoms with Gasteiger partial charge in [0.05, 0.1) is 16.8 Å². The van der Waals surface area contributed by atoms with Crippen molar-refractivity contribution in [2.24, 2.45) is 5.10 Å². The summed E-state index contributed by atoms with van der Waals surface area (Å²) in [7, 11) is 0. The maximum atomic E-state index is 12.1. The van der Waals surface area contributed by atoms with Gasteiger partial charge in [-0.2, -0.15) is 5.10 Å². The molecule has 8 heteroatoms. The van der Waals surface area contributed by atoms with E-state index in [0.29, 0.717) is 11.3 Å². The summed E-state index contributed by atoms with van der Waals surface area (Å²) in [6, 6.07) is 16.8. The molecule has 0 saturated carbocycles. The summed E-state index contributed by atoms with van der Waals surface area (Å²) in [6.45, 7) is 0. The molecule has 1 N–H and O–H groups in total. The molecule has 0 atom stereocenters. The molecule has 0 aliphatic carbocycles. The molecule has 0 spiro atoms. The second-order valence-corrected chi connectivity index (χ2v) is 6.20. The van der Waals surface area contributed by atoms with Gasteiger partial charge < -0.3 is 4.57 Å². The molecule has 0 aliphatic rings. The van der Waals surface area contributed by atoms with Crippen molar-refractivity contribution >= 4 is 33.7 Å². The van der Waals surface area contributed by atoms with E-state index in [4.69, 9.17) is 0 Å². The van der Waals surface area contributed by atoms with Crippen LogP contribution in [0.5, 0.6) is 0 Å². The quantitative estimate of drug-likeness (QED) is 0.391. The summed E-state index contributed by atoms with van der Waals surface area (Å²) < 4.78 is 2.61. The molecule has 0 radical (unpaired) electrons. The molecule has 0 fully saturated rings. The van der Waals surface area contributed by atoms with Crippen LogP contribution >= 0.6 is 15.9 Å². The van der Waals surface area contributed by atoms with Gasteiger partial charge in [-0.1, -0.05) is 22.0 Å². The van der Waals surface area contributed by atoms with E-state index in [-0.39, 0.29) is 11.6 Å². The summed E-state index contributed by atoms with van der Waals surface area (Å²) >= 11 is 3.32. The summed E-state index contributed by atoms with van der Waals surface area (Å²) in [5.41, 5.74) is 4.45. The monoisotopic (exact) mass is 412 g/mol. The highest BCUT2D eigenvalue weighted by Gasteiger charge is 2.07. The van der Waals surface area contributed by atoms with Crippen LogP contribution in [0.25, 0.3) is 5.69 Å². The molecule has 0 unspecified atom stereocenters. The zero-order valence-corrected chi connectivity index (χ0v) is 15.0. The zero-order valence-electron chi connectivity index (χ0n) is 13.4. The smallest absolute Gasteiger partial charge is 0.271 e. The first-order valence-electron chi connectivity index (χ1n) is 7.56. The Morgan fingerprint density at radius 2 is 1.92 bits per heavy atom. The summed E-state index contributed by atoms with van der Waals surface area (Å²) in [4.78, 5) is 22.4. The van der Waals surface area contributed by atoms with Gasteiger partial charge in [0.25, 0.3) is 11.6 Å². The number of non-ortho nitro benzene ring substituents is 1. The normalized spacial score (nSPS) is 10.8. The molecule has 1 aromatic heterocycles. The Hall–Kier alpha value is -3.26. The van der Waals surface area contributed by atoms with Crippen LogP contribution in [-0.2, 0) is 0 Å². The molecular weight excluding hydrogens is 400 g/mol. The molecule has 1 heterocycles. The maximum absolute atomic E-state index is 12.1. The van der Waals surface area contributed by atoms with Crippen LogP contribution in [0.1, 0.15) is 16.1 Å². The fraction of sp³-hybridized carbons (Fsp3) is 0. The van der Waals surface area contributed by atoms with Crippen molar-refractivity contribution < 1.29 is 9.72 Å². The fourth-order valence-electron chi connectivity index (χ4n) is 2.32. The van der Waals surface area contributed by atoms with E-state index in [2.05, 4.69) is 26.5 Å². The van der Waals surface area contributed by atoms with E-state index in [1.165, 1.54) is 18.3 Å². The van der Waals surface area contributed by atoms with Gasteiger partial charge in [-0.05, 0) is 42.5 Å². The van der Waals surface area contributed by atoms with Gasteiger partial charge in [0.1, 0.15) is 0 Å². The van der Waals surface area contributed by atoms with Crippen molar-refractivity contribution in [3.8, 4) is 5.69 Å². The highest BCUT2D eigenvalue weighted by atomic mass is 79.9. The molecule has 7 nitrogen and oxygen atoms in total. The molecule has 0 bridgehead atoms. The maximum Gasteiger partial charge on any atom is 0.271 e. The van der Waals surface area contributed by atoms with Crippen LogP contribution < -0.4 is 5.43 Å². The van der Waals surface area contributed by atoms with Gasteiger partial charge in [0.15, 0.2) is 0 Å². The third kappa shape index (κ3) is 4.04. The number of nitro benzene ring substituents is 1. The third-order valence-electron chi connectivity index (χ3n) is 3.57. The number of carbonyl (C=O) groups is 1. The highest BCUT2D eigenvalue weighted by molar-refractivity contribution is 9.10. The van der Waals surface area contributed by atoms with Gasteiger partial charge in [0, 0.05) is 34.1 Å². The number of nitrogens with zero attached hydrogens (tertiary/aromatic N) is 3. The van der Waals surface area contributed by atoms with Crippen LogP contribution in [-0.4, -0.2) is 21.6 Å². The Bertz CT molecular complexity index is 980. The van der Waals surface area contributed by atoms with Gasteiger partial charge in [-0.15, -0.1) is 0 Å². The highest BCUT2D eigenvalue weighted by Crippen LogP contribution is 2.17. The van der Waals surface area contributed by atoms with Gasteiger partial charge in [0.2, 0.25) is 0 Å². The largest absolute Gasteiger partial charge is 0.316 e. The minimum atomic E-state index is -0.445. The van der Waals surface area contributed by atoms with E-state index in [1.807, 2.05) is 18.2 Å². The molecule has 0 saturated heterocycles. The Morgan fingerprint density at radius 3 is 2.62 bits per heavy atom. The van der Waals surface area contributed by atoms with Gasteiger partial charge >= 0.3 is 0 Å². The summed E-state index contributed by atoms with van der Waals surface area (Å²) in [6.07, 6.45) is 3.32. The minimum absolute atomic E-state index is 0.0254. The number of nitro groups is 1. The van der Waals surface area contributed by atoms with Crippen molar-refractivity contribution in [1.29, 1.82) is 0 Å². The number of halogens is 1. The second-order valence-electron chi connectivity index (χ2n) is 5.29. The van der Waals surface area contributed by atoms with E-state index in [0.717, 1.165) is 10.2 Å². The number of hydrogen-bond donors (Lipinski definition) is 1. The summed E-state index contributed by atoms with van der Waals surface area (Å²) in [5, 5.41) is 14.7. The predicted octanol–water partition coefficient (Wildman–Crippen LogP) is 3.91. The van der Waals surface area contributed by atoms with E-state index in [1.54, 1.807) is 41.1 Å². The average Bonchev–Trinajstić information content (AvgIpc) is 3.10. The molecular formula is C18H13BrN4O3. The van der Waals surface area contributed by atoms with E-state index in [9.17, 15) is 14.9 Å². The standard InChI is InChI=1S/C18H13BrN4O3/c19-14-4-1-3-13(11-14)18(24)21-20-12-17-5-2-10-22(17)15-6-8-16(9-7-15)23(25)26/h1-12H,(H,21,24)/b20-12-. The number of benzene rings is 2. The van der Waals surface area contributed by atoms with Crippen LogP contribution in [0.4, 0.5) is 5.69 Å². The van der Waals surface area contributed by atoms with Crippen molar-refractivity contribution in [1.82, 2.24) is 9.99 Å². The first kappa shape index (κ1) is 17.6. The third-order valence-corrected chi connectivity index (χ3v) is 4.06. The minimum Gasteiger partial charge on any atom is -0.316 e. The molecule has 26 heavy (non-hydrogen) atoms. The number of hydrogen-bond acceptors (Lipinski definition) is 4. The lowest BCUT2D eigenvalue weighted by Gasteiger charge is -2.06. The van der Waals surface area contributed by atoms with Crippen molar-refractivity contribution in [2.75, 3.05) is 0 Å². The average molecular weight is 413 g/mol. The molecule has 130 valence electrons. The number of carbonyl (C=O) groups excluding carboxylic acids is 1. The lowest BCUT2D eigenvalue weighted by atomic mass is 10.2. The number of nitrogens with one attached hydrogen (secondary N) is 1. The Labute approximate surface area is 157 Å². The second kappa shape index (κ2) is 7.75. The molecule has 0 aliphatic heterocycles. The predicted molar refractivity (Wildman–Crippen MR) is 102 cm³/mol. The SMILES string of the molecule is O=C(N/N=C\c1cccn1-c1ccc([N+](=O)[O-])cc1)c1cccc(Br)c1. The van der Waals surface area contributed by atoms with E-state index < -0.39 is 4.92 Å². The molecule has 3 rings (SSSR count). The number of aromatic nitrogens is 1. The van der Waals surface area contributed by atoms with Crippen molar-refractivity contribution in [3.63, 3.8) is 0 Å². The van der Waals surface area contributed by atoms with Crippen LogP contribution in [0.3, 0.4) is 0 Å². The van der Waals surface area contributed by atoms with Crippen molar-refractivity contribution in [3.05, 3.63) is 92.7 Å².